The largest absolute Gasteiger partial charge is 0.465 e. The molecule has 0 bridgehead atoms. The summed E-state index contributed by atoms with van der Waals surface area (Å²) in [5.74, 6) is -7.91. The highest BCUT2D eigenvalue weighted by Gasteiger charge is 2.53. The fourth-order valence-electron chi connectivity index (χ4n) is 0.763. The molecule has 0 saturated carbocycles. The van der Waals surface area contributed by atoms with Crippen LogP contribution in [0, 0.1) is 5.92 Å². The van der Waals surface area contributed by atoms with Gasteiger partial charge in [-0.2, -0.15) is 13.2 Å². The third-order valence-corrected chi connectivity index (χ3v) is 1.35. The highest BCUT2D eigenvalue weighted by molar-refractivity contribution is 6.01. The van der Waals surface area contributed by atoms with Gasteiger partial charge in [0.2, 0.25) is 11.7 Å². The fraction of sp³-hybridized carbons (Fsp3) is 0.714. The van der Waals surface area contributed by atoms with Crippen LogP contribution in [0.4, 0.5) is 22.0 Å². The Balaban J connectivity index is 4.91. The molecule has 0 amide bonds. The summed E-state index contributed by atoms with van der Waals surface area (Å²) in [5.41, 5.74) is 0. The molecule has 0 spiro atoms. The van der Waals surface area contributed by atoms with Crippen molar-refractivity contribution in [1.29, 1.82) is 0 Å². The monoisotopic (exact) mass is 234 g/mol. The predicted molar refractivity (Wildman–Crippen MR) is 37.2 cm³/mol. The summed E-state index contributed by atoms with van der Waals surface area (Å²) < 4.78 is 63.5. The van der Waals surface area contributed by atoms with E-state index in [1.165, 1.54) is 6.92 Å². The average molecular weight is 234 g/mol. The van der Waals surface area contributed by atoms with Crippen molar-refractivity contribution in [1.82, 2.24) is 0 Å². The first-order valence-electron chi connectivity index (χ1n) is 3.77. The van der Waals surface area contributed by atoms with E-state index < -0.39 is 36.9 Å². The van der Waals surface area contributed by atoms with Crippen molar-refractivity contribution in [3.8, 4) is 0 Å². The summed E-state index contributed by atoms with van der Waals surface area (Å²) in [6.07, 6.45) is -9.22. The summed E-state index contributed by atoms with van der Waals surface area (Å²) in [4.78, 5) is 21.1. The average Bonchev–Trinajstić information content (AvgIpc) is 2.01. The van der Waals surface area contributed by atoms with E-state index in [2.05, 4.69) is 4.74 Å². The third kappa shape index (κ3) is 3.80. The summed E-state index contributed by atoms with van der Waals surface area (Å²) in [6, 6.07) is 0. The van der Waals surface area contributed by atoms with Gasteiger partial charge < -0.3 is 4.74 Å². The van der Waals surface area contributed by atoms with Gasteiger partial charge in [-0.05, 0) is 6.92 Å². The molecule has 0 aliphatic rings. The van der Waals surface area contributed by atoms with Crippen molar-refractivity contribution in [2.45, 2.75) is 19.5 Å². The summed E-state index contributed by atoms with van der Waals surface area (Å²) in [6.45, 7) is 0.764. The van der Waals surface area contributed by atoms with Gasteiger partial charge in [-0.25, -0.2) is 8.78 Å². The van der Waals surface area contributed by atoms with E-state index in [0.29, 0.717) is 0 Å². The second-order valence-electron chi connectivity index (χ2n) is 2.43. The minimum absolute atomic E-state index is 0.429. The van der Waals surface area contributed by atoms with Crippen molar-refractivity contribution in [3.05, 3.63) is 0 Å². The number of carbonyl (C=O) groups excluding carboxylic acids is 2. The van der Waals surface area contributed by atoms with Gasteiger partial charge in [-0.1, -0.05) is 0 Å². The molecule has 0 N–H and O–H groups in total. The molecule has 8 heteroatoms. The minimum atomic E-state index is -5.36. The first-order valence-corrected chi connectivity index (χ1v) is 3.77. The van der Waals surface area contributed by atoms with E-state index in [1.807, 2.05) is 0 Å². The van der Waals surface area contributed by atoms with Crippen LogP contribution in [0.3, 0.4) is 0 Å². The van der Waals surface area contributed by atoms with Crippen molar-refractivity contribution in [2.75, 3.05) is 6.61 Å². The summed E-state index contributed by atoms with van der Waals surface area (Å²) >= 11 is 0. The lowest BCUT2D eigenvalue weighted by Gasteiger charge is -2.16. The molecule has 1 unspecified atom stereocenters. The molecule has 0 saturated heterocycles. The van der Waals surface area contributed by atoms with Crippen molar-refractivity contribution in [2.24, 2.45) is 5.92 Å². The van der Waals surface area contributed by atoms with Crippen LogP contribution in [0.1, 0.15) is 6.92 Å². The number of hydrogen-bond donors (Lipinski definition) is 0. The number of ether oxygens (including phenoxy) is 1. The highest BCUT2D eigenvalue weighted by Crippen LogP contribution is 2.29. The number of hydrogen-bond acceptors (Lipinski definition) is 3. The zero-order chi connectivity index (χ0) is 12.2. The Kier molecular flexibility index (Phi) is 4.63. The topological polar surface area (TPSA) is 43.4 Å². The van der Waals surface area contributed by atoms with Gasteiger partial charge in [0.1, 0.15) is 0 Å². The number of Topliss-reactive ketones (excluding diaryl/α,β-unsaturated/α-hetero) is 1. The van der Waals surface area contributed by atoms with Crippen LogP contribution in [0.5, 0.6) is 0 Å². The molecule has 0 aromatic heterocycles. The second-order valence-corrected chi connectivity index (χ2v) is 2.43. The van der Waals surface area contributed by atoms with Gasteiger partial charge in [0.05, 0.1) is 6.61 Å². The molecule has 0 fully saturated rings. The molecule has 0 rings (SSSR count). The first kappa shape index (κ1) is 13.8. The second kappa shape index (κ2) is 5.04. The number of esters is 1. The van der Waals surface area contributed by atoms with Gasteiger partial charge in [0, 0.05) is 0 Å². The predicted octanol–water partition coefficient (Wildman–Crippen LogP) is 1.56. The highest BCUT2D eigenvalue weighted by atomic mass is 19.4. The lowest BCUT2D eigenvalue weighted by atomic mass is 10.0. The van der Waals surface area contributed by atoms with E-state index in [-0.39, 0.29) is 0 Å². The Morgan fingerprint density at radius 3 is 2.00 bits per heavy atom. The Labute approximate surface area is 81.2 Å². The van der Waals surface area contributed by atoms with E-state index >= 15 is 0 Å². The van der Waals surface area contributed by atoms with Gasteiger partial charge >= 0.3 is 12.1 Å². The molecular weight excluding hydrogens is 227 g/mol. The number of alkyl halides is 5. The van der Waals surface area contributed by atoms with Gasteiger partial charge in [-0.15, -0.1) is 0 Å². The van der Waals surface area contributed by atoms with Crippen molar-refractivity contribution in [3.63, 3.8) is 0 Å². The van der Waals surface area contributed by atoms with Crippen LogP contribution < -0.4 is 0 Å². The third-order valence-electron chi connectivity index (χ3n) is 1.35. The zero-order valence-electron chi connectivity index (χ0n) is 7.48. The van der Waals surface area contributed by atoms with Crippen LogP contribution in [-0.4, -0.2) is 31.0 Å². The van der Waals surface area contributed by atoms with Crippen LogP contribution in [-0.2, 0) is 14.3 Å². The molecule has 0 heterocycles. The summed E-state index contributed by atoms with van der Waals surface area (Å²) in [7, 11) is 0. The molecule has 1 atom stereocenters. The van der Waals surface area contributed by atoms with Crippen molar-refractivity contribution >= 4 is 11.8 Å². The normalized spacial score (nSPS) is 13.8. The lowest BCUT2D eigenvalue weighted by molar-refractivity contribution is -0.201. The standard InChI is InChI=1S/C7H7F5O3/c1-2-15-6(14)3(7(10,11)12)4(13)5(8)9/h3,5H,2H2,1H3. The maximum Gasteiger partial charge on any atom is 0.409 e. The number of halogens is 5. The minimum Gasteiger partial charge on any atom is -0.465 e. The maximum atomic E-state index is 12.0. The Hall–Kier alpha value is -1.21. The molecule has 0 radical (unpaired) electrons. The molecule has 88 valence electrons. The zero-order valence-corrected chi connectivity index (χ0v) is 7.48. The van der Waals surface area contributed by atoms with E-state index in [0.717, 1.165) is 0 Å². The van der Waals surface area contributed by atoms with E-state index in [9.17, 15) is 31.5 Å². The molecule has 0 aromatic rings. The Morgan fingerprint density at radius 2 is 1.73 bits per heavy atom. The Bertz CT molecular complexity index is 248. The molecule has 0 aliphatic carbocycles. The van der Waals surface area contributed by atoms with Gasteiger partial charge in [0.15, 0.2) is 0 Å². The van der Waals surface area contributed by atoms with Crippen LogP contribution in [0.25, 0.3) is 0 Å². The van der Waals surface area contributed by atoms with Gasteiger partial charge in [0.25, 0.3) is 6.43 Å². The fourth-order valence-corrected chi connectivity index (χ4v) is 0.763. The summed E-state index contributed by atoms with van der Waals surface area (Å²) in [5, 5.41) is 0. The quantitative estimate of drug-likeness (QED) is 0.421. The molecule has 0 aliphatic heterocycles. The molecule has 15 heavy (non-hydrogen) atoms. The Morgan fingerprint density at radius 1 is 1.27 bits per heavy atom. The smallest absolute Gasteiger partial charge is 0.409 e. The number of rotatable bonds is 4. The SMILES string of the molecule is CCOC(=O)C(C(=O)C(F)F)C(F)(F)F. The number of carbonyl (C=O) groups is 2. The van der Waals surface area contributed by atoms with E-state index in [4.69, 9.17) is 0 Å². The maximum absolute atomic E-state index is 12.0. The van der Waals surface area contributed by atoms with Gasteiger partial charge in [-0.3, -0.25) is 9.59 Å². The molecule has 0 aromatic carbocycles. The molecule has 3 nitrogen and oxygen atoms in total. The van der Waals surface area contributed by atoms with E-state index in [1.54, 1.807) is 0 Å². The van der Waals surface area contributed by atoms with Crippen molar-refractivity contribution < 1.29 is 36.3 Å². The lowest BCUT2D eigenvalue weighted by Crippen LogP contribution is -2.41. The number of ketones is 1. The van der Waals surface area contributed by atoms with Crippen LogP contribution in [0.2, 0.25) is 0 Å². The van der Waals surface area contributed by atoms with Crippen LogP contribution >= 0.6 is 0 Å². The molecular formula is C7H7F5O3. The first-order chi connectivity index (χ1) is 6.71. The van der Waals surface area contributed by atoms with Crippen LogP contribution in [0.15, 0.2) is 0 Å².